The maximum atomic E-state index is 15.0. The summed E-state index contributed by atoms with van der Waals surface area (Å²) >= 11 is 12.2. The quantitative estimate of drug-likeness (QED) is 0.240. The van der Waals surface area contributed by atoms with E-state index < -0.39 is 47.7 Å². The van der Waals surface area contributed by atoms with Gasteiger partial charge in [-0.3, -0.25) is 19.6 Å². The molecule has 1 heterocycles. The molecule has 0 aliphatic heterocycles. The molecule has 1 aliphatic carbocycles. The first-order chi connectivity index (χ1) is 17.1. The van der Waals surface area contributed by atoms with Crippen molar-refractivity contribution >= 4 is 40.6 Å². The van der Waals surface area contributed by atoms with Crippen LogP contribution in [0.25, 0.3) is 0 Å². The van der Waals surface area contributed by atoms with E-state index in [1.807, 2.05) is 0 Å². The zero-order chi connectivity index (χ0) is 26.5. The summed E-state index contributed by atoms with van der Waals surface area (Å²) in [6.07, 6.45) is 4.76. The molecule has 36 heavy (non-hydrogen) atoms. The molecular weight excluding hydrogens is 516 g/mol. The molecular formula is C25H25Cl2F3N4O2. The number of nitrogens with zero attached hydrogens (tertiary/aromatic N) is 3. The monoisotopic (exact) mass is 540 g/mol. The minimum atomic E-state index is -3.42. The number of pyridine rings is 1. The Kier molecular flexibility index (Phi) is 9.13. The summed E-state index contributed by atoms with van der Waals surface area (Å²) in [6, 6.07) is 4.88. The van der Waals surface area contributed by atoms with E-state index in [9.17, 15) is 22.8 Å². The number of halogens is 5. The molecule has 6 nitrogen and oxygen atoms in total. The van der Waals surface area contributed by atoms with Crippen LogP contribution in [0.4, 0.5) is 13.2 Å². The molecule has 0 atom stereocenters. The van der Waals surface area contributed by atoms with Crippen molar-refractivity contribution in [2.24, 2.45) is 10.7 Å². The Balaban J connectivity index is 2.01. The molecule has 1 fully saturated rings. The van der Waals surface area contributed by atoms with Gasteiger partial charge in [0.2, 0.25) is 0 Å². The number of alkyl halides is 2. The second-order valence-corrected chi connectivity index (χ2v) is 9.20. The lowest BCUT2D eigenvalue weighted by atomic mass is 9.92. The van der Waals surface area contributed by atoms with Crippen molar-refractivity contribution in [1.82, 2.24) is 9.88 Å². The van der Waals surface area contributed by atoms with Gasteiger partial charge in [-0.15, -0.1) is 0 Å². The summed E-state index contributed by atoms with van der Waals surface area (Å²) in [5.41, 5.74) is 4.87. The zero-order valence-corrected chi connectivity index (χ0v) is 21.0. The Bertz CT molecular complexity index is 1160. The topological polar surface area (TPSA) is 88.6 Å². The van der Waals surface area contributed by atoms with Crippen LogP contribution in [0.1, 0.15) is 48.5 Å². The van der Waals surface area contributed by atoms with E-state index in [2.05, 4.69) is 9.98 Å². The number of hydrogen-bond acceptors (Lipinski definition) is 5. The lowest BCUT2D eigenvalue weighted by molar-refractivity contribution is -0.126. The van der Waals surface area contributed by atoms with Gasteiger partial charge in [0.1, 0.15) is 11.5 Å². The van der Waals surface area contributed by atoms with Crippen molar-refractivity contribution in [2.75, 3.05) is 6.54 Å². The number of hydrogen-bond donors (Lipinski definition) is 1. The number of rotatable bonds is 10. The SMILES string of the molecule is CCC(F)(F)C(=NC1CCC1)C(=CN)C(=O)N(CC(=O)c1c(Cl)cncc1Cl)Cc1ccc(F)cc1. The number of carbonyl (C=O) groups excluding carboxylic acids is 2. The van der Waals surface area contributed by atoms with Gasteiger partial charge in [0.15, 0.2) is 5.78 Å². The van der Waals surface area contributed by atoms with Crippen LogP contribution in [0.2, 0.25) is 10.0 Å². The van der Waals surface area contributed by atoms with E-state index in [1.54, 1.807) is 0 Å². The number of benzene rings is 1. The van der Waals surface area contributed by atoms with Gasteiger partial charge >= 0.3 is 0 Å². The highest BCUT2D eigenvalue weighted by molar-refractivity contribution is 6.39. The van der Waals surface area contributed by atoms with E-state index in [-0.39, 0.29) is 28.2 Å². The molecule has 0 spiro atoms. The number of ketones is 1. The summed E-state index contributed by atoms with van der Waals surface area (Å²) in [7, 11) is 0. The molecule has 2 N–H and O–H groups in total. The standard InChI is InChI=1S/C25H25Cl2F3N4O2/c1-2-25(29,30)23(33-17-4-3-5-17)18(10-31)24(36)34(13-15-6-8-16(28)9-7-15)14-21(35)22-19(26)11-32-12-20(22)27/h6-12,17H,2-5,13-14,31H2,1H3. The molecule has 3 rings (SSSR count). The first-order valence-electron chi connectivity index (χ1n) is 11.3. The molecule has 1 aromatic carbocycles. The number of carbonyl (C=O) groups is 2. The minimum absolute atomic E-state index is 0.0268. The third-order valence-electron chi connectivity index (χ3n) is 5.87. The number of amides is 1. The summed E-state index contributed by atoms with van der Waals surface area (Å²) in [5.74, 6) is -5.48. The van der Waals surface area contributed by atoms with E-state index in [1.165, 1.54) is 43.6 Å². The van der Waals surface area contributed by atoms with Gasteiger partial charge in [-0.05, 0) is 37.0 Å². The predicted octanol–water partition coefficient (Wildman–Crippen LogP) is 5.62. The van der Waals surface area contributed by atoms with E-state index >= 15 is 0 Å². The highest BCUT2D eigenvalue weighted by Gasteiger charge is 2.41. The number of aliphatic imine (C=N–C) groups is 1. The minimum Gasteiger partial charge on any atom is -0.404 e. The lowest BCUT2D eigenvalue weighted by Gasteiger charge is -2.29. The number of aromatic nitrogens is 1. The molecule has 0 unspecified atom stereocenters. The highest BCUT2D eigenvalue weighted by atomic mass is 35.5. The van der Waals surface area contributed by atoms with E-state index in [4.69, 9.17) is 28.9 Å². The summed E-state index contributed by atoms with van der Waals surface area (Å²) in [5, 5.41) is -0.0537. The largest absolute Gasteiger partial charge is 0.404 e. The lowest BCUT2D eigenvalue weighted by Crippen LogP contribution is -2.42. The van der Waals surface area contributed by atoms with E-state index in [0.29, 0.717) is 18.4 Å². The van der Waals surface area contributed by atoms with Crippen LogP contribution in [0.3, 0.4) is 0 Å². The van der Waals surface area contributed by atoms with Crippen LogP contribution in [-0.2, 0) is 11.3 Å². The molecule has 1 amide bonds. The molecule has 0 saturated heterocycles. The summed E-state index contributed by atoms with van der Waals surface area (Å²) < 4.78 is 43.3. The number of nitrogens with two attached hydrogens (primary N) is 1. The molecule has 2 aromatic rings. The van der Waals surface area contributed by atoms with Crippen molar-refractivity contribution in [3.05, 3.63) is 75.4 Å². The Labute approximate surface area is 217 Å². The smallest absolute Gasteiger partial charge is 0.289 e. The Morgan fingerprint density at radius 3 is 2.31 bits per heavy atom. The van der Waals surface area contributed by atoms with Gasteiger partial charge in [0.05, 0.1) is 33.8 Å². The van der Waals surface area contributed by atoms with E-state index in [0.717, 1.165) is 17.5 Å². The van der Waals surface area contributed by atoms with Crippen molar-refractivity contribution in [2.45, 2.75) is 51.1 Å². The third kappa shape index (κ3) is 6.44. The normalized spacial score (nSPS) is 14.9. The van der Waals surface area contributed by atoms with Crippen LogP contribution < -0.4 is 5.73 Å². The van der Waals surface area contributed by atoms with Gasteiger partial charge < -0.3 is 10.6 Å². The molecule has 0 bridgehead atoms. The van der Waals surface area contributed by atoms with Crippen LogP contribution in [0, 0.1) is 5.82 Å². The molecule has 1 saturated carbocycles. The van der Waals surface area contributed by atoms with Crippen LogP contribution in [0.5, 0.6) is 0 Å². The second-order valence-electron chi connectivity index (χ2n) is 8.39. The predicted molar refractivity (Wildman–Crippen MR) is 133 cm³/mol. The average Bonchev–Trinajstić information content (AvgIpc) is 2.81. The van der Waals surface area contributed by atoms with Gasteiger partial charge in [0.25, 0.3) is 11.8 Å². The van der Waals surface area contributed by atoms with Gasteiger partial charge in [0, 0.05) is 31.6 Å². The van der Waals surface area contributed by atoms with Gasteiger partial charge in [-0.25, -0.2) is 4.39 Å². The first-order valence-corrected chi connectivity index (χ1v) is 12.1. The van der Waals surface area contributed by atoms with Crippen molar-refractivity contribution in [1.29, 1.82) is 0 Å². The maximum Gasteiger partial charge on any atom is 0.289 e. The Hall–Kier alpha value is -2.91. The second kappa shape index (κ2) is 11.9. The first kappa shape index (κ1) is 27.7. The Morgan fingerprint density at radius 2 is 1.81 bits per heavy atom. The molecule has 1 aromatic heterocycles. The maximum absolute atomic E-state index is 15.0. The fraction of sp³-hybridized carbons (Fsp3) is 0.360. The molecule has 1 aliphatic rings. The fourth-order valence-electron chi connectivity index (χ4n) is 3.59. The van der Waals surface area contributed by atoms with Gasteiger partial charge in [-0.1, -0.05) is 42.3 Å². The van der Waals surface area contributed by atoms with Crippen LogP contribution >= 0.6 is 23.2 Å². The molecule has 192 valence electrons. The molecule has 11 heteroatoms. The fourth-order valence-corrected chi connectivity index (χ4v) is 4.16. The van der Waals surface area contributed by atoms with Gasteiger partial charge in [-0.2, -0.15) is 8.78 Å². The molecule has 0 radical (unpaired) electrons. The summed E-state index contributed by atoms with van der Waals surface area (Å²) in [4.78, 5) is 35.8. The summed E-state index contributed by atoms with van der Waals surface area (Å²) in [6.45, 7) is 0.518. The number of Topliss-reactive ketones (excluding diaryl/α,β-unsaturated/α-hetero) is 1. The third-order valence-corrected chi connectivity index (χ3v) is 6.44. The van der Waals surface area contributed by atoms with Crippen molar-refractivity contribution < 1.29 is 22.8 Å². The van der Waals surface area contributed by atoms with Crippen LogP contribution in [0.15, 0.2) is 53.4 Å². The van der Waals surface area contributed by atoms with Crippen molar-refractivity contribution in [3.63, 3.8) is 0 Å². The Morgan fingerprint density at radius 1 is 1.19 bits per heavy atom. The zero-order valence-electron chi connectivity index (χ0n) is 19.5. The average molecular weight is 541 g/mol. The highest BCUT2D eigenvalue weighted by Crippen LogP contribution is 2.31. The van der Waals surface area contributed by atoms with Crippen LogP contribution in [-0.4, -0.2) is 45.8 Å². The van der Waals surface area contributed by atoms with Crippen molar-refractivity contribution in [3.8, 4) is 0 Å².